The molecule has 1 aliphatic rings. The first-order chi connectivity index (χ1) is 8.84. The third-order valence-corrected chi connectivity index (χ3v) is 3.70. The van der Waals surface area contributed by atoms with E-state index in [0.29, 0.717) is 12.5 Å². The van der Waals surface area contributed by atoms with Crippen LogP contribution in [0.1, 0.15) is 47.5 Å². The maximum absolute atomic E-state index is 11.7. The van der Waals surface area contributed by atoms with Crippen molar-refractivity contribution in [2.24, 2.45) is 11.3 Å². The van der Waals surface area contributed by atoms with Crippen LogP contribution >= 0.6 is 0 Å². The molecule has 1 saturated heterocycles. The molecular formula is C15H29NO3. The fraction of sp³-hybridized carbons (Fsp3) is 0.933. The maximum Gasteiger partial charge on any atom is 0.246 e. The largest absolute Gasteiger partial charge is 0.377 e. The summed E-state index contributed by atoms with van der Waals surface area (Å²) in [4.78, 5) is 11.7. The molecule has 3 atom stereocenters. The smallest absolute Gasteiger partial charge is 0.246 e. The molecule has 0 aromatic rings. The molecule has 4 nitrogen and oxygen atoms in total. The molecule has 0 radical (unpaired) electrons. The standard InChI is InChI=1S/C15H29NO3/c1-6-11(2)19-10-13(17)16-9-12-7-8-18-14(12)15(3,4)5/h11-12,14H,6-10H2,1-5H3,(H,16,17)/t11?,12-,14+/m1/s1. The Bertz CT molecular complexity index is 286. The molecule has 1 heterocycles. The summed E-state index contributed by atoms with van der Waals surface area (Å²) >= 11 is 0. The van der Waals surface area contributed by atoms with Gasteiger partial charge in [-0.15, -0.1) is 0 Å². The number of nitrogens with one attached hydrogen (secondary N) is 1. The van der Waals surface area contributed by atoms with E-state index in [0.717, 1.165) is 19.4 Å². The Morgan fingerprint density at radius 1 is 1.47 bits per heavy atom. The van der Waals surface area contributed by atoms with E-state index in [4.69, 9.17) is 9.47 Å². The monoisotopic (exact) mass is 271 g/mol. The molecule has 1 unspecified atom stereocenters. The van der Waals surface area contributed by atoms with Crippen LogP contribution in [0, 0.1) is 11.3 Å². The van der Waals surface area contributed by atoms with Crippen molar-refractivity contribution in [1.82, 2.24) is 5.32 Å². The molecule has 19 heavy (non-hydrogen) atoms. The third kappa shape index (κ3) is 5.49. The molecule has 1 aliphatic heterocycles. The summed E-state index contributed by atoms with van der Waals surface area (Å²) in [6.45, 7) is 12.2. The van der Waals surface area contributed by atoms with Crippen molar-refractivity contribution < 1.29 is 14.3 Å². The van der Waals surface area contributed by atoms with Crippen molar-refractivity contribution in [1.29, 1.82) is 0 Å². The number of ether oxygens (including phenoxy) is 2. The van der Waals surface area contributed by atoms with Crippen molar-refractivity contribution in [3.63, 3.8) is 0 Å². The topological polar surface area (TPSA) is 47.6 Å². The zero-order valence-electron chi connectivity index (χ0n) is 13.0. The van der Waals surface area contributed by atoms with E-state index in [2.05, 4.69) is 26.1 Å². The van der Waals surface area contributed by atoms with Gasteiger partial charge in [-0.05, 0) is 25.2 Å². The van der Waals surface area contributed by atoms with E-state index >= 15 is 0 Å². The lowest BCUT2D eigenvalue weighted by atomic mass is 9.81. The minimum atomic E-state index is -0.0279. The quantitative estimate of drug-likeness (QED) is 0.807. The first kappa shape index (κ1) is 16.4. The van der Waals surface area contributed by atoms with Crippen LogP contribution in [0.3, 0.4) is 0 Å². The molecule has 1 fully saturated rings. The van der Waals surface area contributed by atoms with Gasteiger partial charge in [0.25, 0.3) is 0 Å². The van der Waals surface area contributed by atoms with Gasteiger partial charge in [0.1, 0.15) is 6.61 Å². The zero-order chi connectivity index (χ0) is 14.5. The van der Waals surface area contributed by atoms with Gasteiger partial charge in [0.05, 0.1) is 12.2 Å². The van der Waals surface area contributed by atoms with Gasteiger partial charge in [-0.2, -0.15) is 0 Å². The van der Waals surface area contributed by atoms with Gasteiger partial charge in [0.2, 0.25) is 5.91 Å². The lowest BCUT2D eigenvalue weighted by Crippen LogP contribution is -2.40. The summed E-state index contributed by atoms with van der Waals surface area (Å²) < 4.78 is 11.2. The molecule has 1 rings (SSSR count). The summed E-state index contributed by atoms with van der Waals surface area (Å²) in [5, 5.41) is 2.96. The predicted molar refractivity (Wildman–Crippen MR) is 76.0 cm³/mol. The molecule has 0 spiro atoms. The van der Waals surface area contributed by atoms with Gasteiger partial charge in [-0.3, -0.25) is 4.79 Å². The molecule has 4 heteroatoms. The highest BCUT2D eigenvalue weighted by Crippen LogP contribution is 2.34. The Morgan fingerprint density at radius 2 is 2.16 bits per heavy atom. The average molecular weight is 271 g/mol. The van der Waals surface area contributed by atoms with Crippen LogP contribution in [-0.2, 0) is 14.3 Å². The van der Waals surface area contributed by atoms with E-state index in [1.165, 1.54) is 0 Å². The van der Waals surface area contributed by atoms with Crippen molar-refractivity contribution in [3.05, 3.63) is 0 Å². The van der Waals surface area contributed by atoms with E-state index in [9.17, 15) is 4.79 Å². The van der Waals surface area contributed by atoms with Gasteiger partial charge >= 0.3 is 0 Å². The Labute approximate surface area is 117 Å². The summed E-state index contributed by atoms with van der Waals surface area (Å²) in [6.07, 6.45) is 2.32. The zero-order valence-corrected chi connectivity index (χ0v) is 13.0. The Kier molecular flexibility index (Phi) is 6.27. The Balaban J connectivity index is 2.30. The first-order valence-electron chi connectivity index (χ1n) is 7.34. The van der Waals surface area contributed by atoms with Gasteiger partial charge in [0.15, 0.2) is 0 Å². The van der Waals surface area contributed by atoms with Gasteiger partial charge in [-0.1, -0.05) is 27.7 Å². The molecule has 0 aromatic carbocycles. The second kappa shape index (κ2) is 7.25. The van der Waals surface area contributed by atoms with E-state index in [-0.39, 0.29) is 30.1 Å². The number of carbonyl (C=O) groups excluding carboxylic acids is 1. The highest BCUT2D eigenvalue weighted by molar-refractivity contribution is 5.77. The fourth-order valence-electron chi connectivity index (χ4n) is 2.43. The van der Waals surface area contributed by atoms with Crippen LogP contribution in [-0.4, -0.2) is 37.9 Å². The maximum atomic E-state index is 11.7. The number of amides is 1. The van der Waals surface area contributed by atoms with Gasteiger partial charge in [-0.25, -0.2) is 0 Å². The highest BCUT2D eigenvalue weighted by atomic mass is 16.5. The second-order valence-electron chi connectivity index (χ2n) is 6.54. The van der Waals surface area contributed by atoms with Crippen LogP contribution < -0.4 is 5.32 Å². The average Bonchev–Trinajstić information content (AvgIpc) is 2.81. The SMILES string of the molecule is CCC(C)OCC(=O)NC[C@H]1CCO[C@@H]1C(C)(C)C. The normalized spacial score (nSPS) is 25.3. The lowest BCUT2D eigenvalue weighted by molar-refractivity contribution is -0.127. The van der Waals surface area contributed by atoms with Crippen LogP contribution in [0.4, 0.5) is 0 Å². The van der Waals surface area contributed by atoms with Gasteiger partial charge < -0.3 is 14.8 Å². The van der Waals surface area contributed by atoms with E-state index in [1.807, 2.05) is 13.8 Å². The Morgan fingerprint density at radius 3 is 2.74 bits per heavy atom. The van der Waals surface area contributed by atoms with E-state index < -0.39 is 0 Å². The van der Waals surface area contributed by atoms with Crippen molar-refractivity contribution in [2.75, 3.05) is 19.8 Å². The van der Waals surface area contributed by atoms with Crippen LogP contribution in [0.25, 0.3) is 0 Å². The number of hydrogen-bond donors (Lipinski definition) is 1. The van der Waals surface area contributed by atoms with Gasteiger partial charge in [0, 0.05) is 19.1 Å². The molecule has 0 aromatic heterocycles. The van der Waals surface area contributed by atoms with Crippen LogP contribution in [0.2, 0.25) is 0 Å². The predicted octanol–water partition coefficient (Wildman–Crippen LogP) is 2.37. The van der Waals surface area contributed by atoms with Crippen molar-refractivity contribution >= 4 is 5.91 Å². The molecule has 1 amide bonds. The fourth-order valence-corrected chi connectivity index (χ4v) is 2.43. The molecule has 112 valence electrons. The van der Waals surface area contributed by atoms with Crippen LogP contribution in [0.5, 0.6) is 0 Å². The number of carbonyl (C=O) groups is 1. The Hall–Kier alpha value is -0.610. The molecule has 0 aliphatic carbocycles. The van der Waals surface area contributed by atoms with Crippen molar-refractivity contribution in [3.8, 4) is 0 Å². The summed E-state index contributed by atoms with van der Waals surface area (Å²) in [7, 11) is 0. The van der Waals surface area contributed by atoms with E-state index in [1.54, 1.807) is 0 Å². The van der Waals surface area contributed by atoms with Crippen LogP contribution in [0.15, 0.2) is 0 Å². The minimum Gasteiger partial charge on any atom is -0.377 e. The highest BCUT2D eigenvalue weighted by Gasteiger charge is 2.37. The summed E-state index contributed by atoms with van der Waals surface area (Å²) in [5.41, 5.74) is 0.124. The molecule has 0 bridgehead atoms. The minimum absolute atomic E-state index is 0.0279. The second-order valence-corrected chi connectivity index (χ2v) is 6.54. The third-order valence-electron chi connectivity index (χ3n) is 3.70. The molecule has 1 N–H and O–H groups in total. The first-order valence-corrected chi connectivity index (χ1v) is 7.34. The summed E-state index contributed by atoms with van der Waals surface area (Å²) in [6, 6.07) is 0. The lowest BCUT2D eigenvalue weighted by Gasteiger charge is -2.31. The summed E-state index contributed by atoms with van der Waals surface area (Å²) in [5.74, 6) is 0.382. The number of rotatable bonds is 6. The molecular weight excluding hydrogens is 242 g/mol. The van der Waals surface area contributed by atoms with Crippen molar-refractivity contribution in [2.45, 2.75) is 59.7 Å². The molecule has 0 saturated carbocycles. The number of hydrogen-bond acceptors (Lipinski definition) is 3.